The molecule has 2 aromatic heterocycles. The van der Waals surface area contributed by atoms with Crippen molar-refractivity contribution < 1.29 is 22.7 Å². The lowest BCUT2D eigenvalue weighted by Gasteiger charge is -2.07. The van der Waals surface area contributed by atoms with Gasteiger partial charge in [0.25, 0.3) is 0 Å². The minimum Gasteiger partial charge on any atom is -0.466 e. The van der Waals surface area contributed by atoms with E-state index in [1.165, 1.54) is 6.20 Å². The van der Waals surface area contributed by atoms with E-state index in [1.54, 1.807) is 6.92 Å². The maximum absolute atomic E-state index is 12.9. The first-order chi connectivity index (χ1) is 9.88. The fourth-order valence-electron chi connectivity index (χ4n) is 1.89. The normalized spacial score (nSPS) is 11.6. The number of aromatic nitrogens is 2. The quantitative estimate of drug-likeness (QED) is 0.643. The summed E-state index contributed by atoms with van der Waals surface area (Å²) in [6.45, 7) is 1.70. The van der Waals surface area contributed by atoms with Crippen molar-refractivity contribution in [2.45, 2.75) is 19.5 Å². The number of carbonyl (C=O) groups is 1. The number of carbonyl (C=O) groups excluding carboxylic acids is 1. The van der Waals surface area contributed by atoms with Gasteiger partial charge in [-0.15, -0.1) is 4.91 Å². The zero-order valence-corrected chi connectivity index (χ0v) is 10.8. The zero-order valence-electron chi connectivity index (χ0n) is 10.8. The molecule has 21 heavy (non-hydrogen) atoms. The summed E-state index contributed by atoms with van der Waals surface area (Å²) in [5.74, 6) is -1.04. The highest BCUT2D eigenvalue weighted by molar-refractivity contribution is 5.74. The van der Waals surface area contributed by atoms with Gasteiger partial charge in [0, 0.05) is 6.20 Å². The van der Waals surface area contributed by atoms with Crippen LogP contribution in [0.4, 0.5) is 19.0 Å². The third kappa shape index (κ3) is 2.86. The van der Waals surface area contributed by atoms with Gasteiger partial charge < -0.3 is 4.74 Å². The van der Waals surface area contributed by atoms with Gasteiger partial charge in [-0.05, 0) is 24.2 Å². The summed E-state index contributed by atoms with van der Waals surface area (Å²) < 4.78 is 44.3. The summed E-state index contributed by atoms with van der Waals surface area (Å²) in [7, 11) is 0. The van der Waals surface area contributed by atoms with Gasteiger partial charge in [-0.2, -0.15) is 13.2 Å². The molecule has 2 aromatic rings. The minimum atomic E-state index is -4.63. The molecule has 0 N–H and O–H groups in total. The second kappa shape index (κ2) is 5.51. The van der Waals surface area contributed by atoms with E-state index in [0.29, 0.717) is 0 Å². The number of hydrogen-bond acceptors (Lipinski definition) is 5. The first kappa shape index (κ1) is 14.9. The Morgan fingerprint density at radius 3 is 2.76 bits per heavy atom. The number of esters is 1. The third-order valence-electron chi connectivity index (χ3n) is 2.70. The first-order valence-corrected chi connectivity index (χ1v) is 5.94. The van der Waals surface area contributed by atoms with Crippen molar-refractivity contribution in [3.05, 3.63) is 34.5 Å². The third-order valence-corrected chi connectivity index (χ3v) is 2.70. The van der Waals surface area contributed by atoms with Crippen LogP contribution < -0.4 is 0 Å². The molecule has 2 rings (SSSR count). The van der Waals surface area contributed by atoms with Crippen LogP contribution in [0.15, 0.2) is 23.5 Å². The van der Waals surface area contributed by atoms with Gasteiger partial charge in [-0.1, -0.05) is 0 Å². The van der Waals surface area contributed by atoms with E-state index >= 15 is 0 Å². The highest BCUT2D eigenvalue weighted by Gasteiger charge is 2.35. The Morgan fingerprint density at radius 1 is 1.48 bits per heavy atom. The van der Waals surface area contributed by atoms with E-state index in [0.717, 1.165) is 16.5 Å². The average Bonchev–Trinajstić information content (AvgIpc) is 2.74. The van der Waals surface area contributed by atoms with Gasteiger partial charge in [-0.25, -0.2) is 4.98 Å². The number of halogens is 3. The predicted molar refractivity (Wildman–Crippen MR) is 66.0 cm³/mol. The fraction of sp³-hybridized carbons (Fsp3) is 0.333. The standard InChI is InChI=1S/C12H10F3N3O3/c1-2-21-9(19)6-8-11(17-20)18-5-3-4-7(10(18)16-8)12(13,14)15/h3-5H,2,6H2,1H3. The summed E-state index contributed by atoms with van der Waals surface area (Å²) >= 11 is 0. The van der Waals surface area contributed by atoms with E-state index in [1.807, 2.05) is 0 Å². The van der Waals surface area contributed by atoms with Crippen molar-refractivity contribution in [1.82, 2.24) is 9.38 Å². The predicted octanol–water partition coefficient (Wildman–Crippen LogP) is 2.86. The molecule has 0 saturated carbocycles. The molecule has 0 bridgehead atoms. The number of fused-ring (bicyclic) bond motifs is 1. The number of alkyl halides is 3. The lowest BCUT2D eigenvalue weighted by molar-refractivity contribution is -0.142. The summed E-state index contributed by atoms with van der Waals surface area (Å²) in [6.07, 6.45) is -3.83. The van der Waals surface area contributed by atoms with Crippen LogP contribution in [-0.4, -0.2) is 22.0 Å². The van der Waals surface area contributed by atoms with Crippen LogP contribution in [0.3, 0.4) is 0 Å². The first-order valence-electron chi connectivity index (χ1n) is 5.94. The number of ether oxygens (including phenoxy) is 1. The monoisotopic (exact) mass is 301 g/mol. The average molecular weight is 301 g/mol. The van der Waals surface area contributed by atoms with Crippen molar-refractivity contribution in [3.8, 4) is 0 Å². The molecule has 0 radical (unpaired) electrons. The second-order valence-electron chi connectivity index (χ2n) is 4.07. The number of rotatable bonds is 4. The van der Waals surface area contributed by atoms with E-state index in [2.05, 4.69) is 14.9 Å². The van der Waals surface area contributed by atoms with Gasteiger partial charge in [0.15, 0.2) is 5.65 Å². The van der Waals surface area contributed by atoms with Gasteiger partial charge in [-0.3, -0.25) is 9.20 Å². The van der Waals surface area contributed by atoms with E-state index in [9.17, 15) is 22.9 Å². The minimum absolute atomic E-state index is 0.115. The number of hydrogen-bond donors (Lipinski definition) is 0. The molecule has 0 amide bonds. The molecule has 0 aliphatic carbocycles. The lowest BCUT2D eigenvalue weighted by atomic mass is 10.2. The van der Waals surface area contributed by atoms with Crippen molar-refractivity contribution in [1.29, 1.82) is 0 Å². The Labute approximate surface area is 116 Å². The van der Waals surface area contributed by atoms with Crippen molar-refractivity contribution in [3.63, 3.8) is 0 Å². The molecular weight excluding hydrogens is 291 g/mol. The smallest absolute Gasteiger partial charge is 0.419 e. The lowest BCUT2D eigenvalue weighted by Crippen LogP contribution is -2.08. The van der Waals surface area contributed by atoms with Crippen LogP contribution >= 0.6 is 0 Å². The van der Waals surface area contributed by atoms with Crippen LogP contribution in [0.25, 0.3) is 5.65 Å². The van der Waals surface area contributed by atoms with Crippen LogP contribution in [0, 0.1) is 4.91 Å². The molecule has 9 heteroatoms. The van der Waals surface area contributed by atoms with Crippen LogP contribution in [0.1, 0.15) is 18.2 Å². The Hall–Kier alpha value is -2.45. The molecule has 0 aromatic carbocycles. The number of imidazole rings is 1. The topological polar surface area (TPSA) is 73.0 Å². The van der Waals surface area contributed by atoms with Gasteiger partial charge in [0.05, 0.1) is 18.6 Å². The summed E-state index contributed by atoms with van der Waals surface area (Å²) in [6, 6.07) is 1.96. The molecule has 0 aliphatic heterocycles. The van der Waals surface area contributed by atoms with Gasteiger partial charge in [0.1, 0.15) is 5.69 Å². The second-order valence-corrected chi connectivity index (χ2v) is 4.07. The number of pyridine rings is 1. The maximum atomic E-state index is 12.9. The Kier molecular flexibility index (Phi) is 3.92. The van der Waals surface area contributed by atoms with Crippen LogP contribution in [0.2, 0.25) is 0 Å². The Morgan fingerprint density at radius 2 is 2.19 bits per heavy atom. The maximum Gasteiger partial charge on any atom is 0.419 e. The molecule has 112 valence electrons. The van der Waals surface area contributed by atoms with Crippen molar-refractivity contribution in [2.75, 3.05) is 6.61 Å². The summed E-state index contributed by atoms with van der Waals surface area (Å²) in [5.41, 5.74) is -1.64. The Bertz CT molecular complexity index is 694. The van der Waals surface area contributed by atoms with Gasteiger partial charge in [0.2, 0.25) is 5.82 Å². The highest BCUT2D eigenvalue weighted by Crippen LogP contribution is 2.34. The SMILES string of the molecule is CCOC(=O)Cc1nc2c(C(F)(F)F)cccn2c1N=O. The molecule has 0 atom stereocenters. The van der Waals surface area contributed by atoms with E-state index in [4.69, 9.17) is 0 Å². The van der Waals surface area contributed by atoms with E-state index < -0.39 is 29.8 Å². The zero-order chi connectivity index (χ0) is 15.6. The molecule has 6 nitrogen and oxygen atoms in total. The molecule has 2 heterocycles. The van der Waals surface area contributed by atoms with Crippen LogP contribution in [0.5, 0.6) is 0 Å². The highest BCUT2D eigenvalue weighted by atomic mass is 19.4. The molecule has 0 saturated heterocycles. The summed E-state index contributed by atoms with van der Waals surface area (Å²) in [5, 5.41) is 2.67. The van der Waals surface area contributed by atoms with Gasteiger partial charge >= 0.3 is 12.1 Å². The number of nitrogens with zero attached hydrogens (tertiary/aromatic N) is 3. The fourth-order valence-corrected chi connectivity index (χ4v) is 1.89. The largest absolute Gasteiger partial charge is 0.466 e. The number of nitroso groups, excluding NO2 is 1. The molecule has 0 fully saturated rings. The van der Waals surface area contributed by atoms with E-state index in [-0.39, 0.29) is 18.1 Å². The van der Waals surface area contributed by atoms with Crippen molar-refractivity contribution >= 4 is 17.4 Å². The molecule has 0 aliphatic rings. The Balaban J connectivity index is 2.58. The molecule has 0 unspecified atom stereocenters. The molecule has 0 spiro atoms. The summed E-state index contributed by atoms with van der Waals surface area (Å²) in [4.78, 5) is 26.0. The van der Waals surface area contributed by atoms with Crippen molar-refractivity contribution in [2.24, 2.45) is 5.18 Å². The molecular formula is C12H10F3N3O3. The van der Waals surface area contributed by atoms with Crippen LogP contribution in [-0.2, 0) is 22.1 Å².